The molecule has 0 spiro atoms. The van der Waals surface area contributed by atoms with Crippen LogP contribution in [-0.2, 0) is 9.47 Å². The van der Waals surface area contributed by atoms with Crippen molar-refractivity contribution in [2.75, 3.05) is 32.9 Å². The Morgan fingerprint density at radius 2 is 2.17 bits per heavy atom. The van der Waals surface area contributed by atoms with Crippen molar-refractivity contribution in [3.8, 4) is 0 Å². The first-order valence-corrected chi connectivity index (χ1v) is 7.33. The van der Waals surface area contributed by atoms with Gasteiger partial charge in [-0.05, 0) is 33.2 Å². The molecule has 4 heteroatoms. The van der Waals surface area contributed by atoms with E-state index in [0.717, 1.165) is 39.3 Å². The Bertz CT molecular complexity index is 262. The maximum Gasteiger partial charge on any atom is 0.0726 e. The average molecular weight is 256 g/mol. The highest BCUT2D eigenvalue weighted by molar-refractivity contribution is 4.95. The first-order valence-electron chi connectivity index (χ1n) is 7.33. The van der Waals surface area contributed by atoms with E-state index in [0.29, 0.717) is 18.1 Å². The molecule has 106 valence electrons. The summed E-state index contributed by atoms with van der Waals surface area (Å²) in [6.45, 7) is 11.4. The zero-order valence-electron chi connectivity index (χ0n) is 12.0. The minimum atomic E-state index is 0.137. The molecule has 0 aliphatic carbocycles. The van der Waals surface area contributed by atoms with Crippen LogP contribution < -0.4 is 10.6 Å². The van der Waals surface area contributed by atoms with Crippen molar-refractivity contribution in [2.45, 2.75) is 51.3 Å². The molecular formula is C14H28N2O2. The number of nitrogens with one attached hydrogen (secondary N) is 2. The number of hydrogen-bond acceptors (Lipinski definition) is 4. The molecule has 4 nitrogen and oxygen atoms in total. The quantitative estimate of drug-likeness (QED) is 0.748. The average Bonchev–Trinajstić information content (AvgIpc) is 2.93. The van der Waals surface area contributed by atoms with Gasteiger partial charge in [-0.3, -0.25) is 0 Å². The summed E-state index contributed by atoms with van der Waals surface area (Å²) in [7, 11) is 0. The van der Waals surface area contributed by atoms with Gasteiger partial charge in [0.05, 0.1) is 19.3 Å². The topological polar surface area (TPSA) is 42.5 Å². The molecule has 2 aliphatic heterocycles. The number of hydrogen-bond donors (Lipinski definition) is 2. The molecule has 2 N–H and O–H groups in total. The molecule has 2 fully saturated rings. The maximum absolute atomic E-state index is 5.67. The van der Waals surface area contributed by atoms with Crippen LogP contribution in [-0.4, -0.2) is 50.6 Å². The molecule has 0 amide bonds. The molecule has 0 radical (unpaired) electrons. The Balaban J connectivity index is 1.78. The third-order valence-electron chi connectivity index (χ3n) is 4.51. The molecule has 0 saturated carbocycles. The lowest BCUT2D eigenvalue weighted by Crippen LogP contribution is -2.51. The third kappa shape index (κ3) is 3.23. The zero-order valence-corrected chi connectivity index (χ0v) is 12.0. The minimum absolute atomic E-state index is 0.137. The highest BCUT2D eigenvalue weighted by atomic mass is 16.5. The van der Waals surface area contributed by atoms with E-state index in [2.05, 4.69) is 31.4 Å². The molecule has 4 unspecified atom stereocenters. The summed E-state index contributed by atoms with van der Waals surface area (Å²) in [6.07, 6.45) is 2.59. The summed E-state index contributed by atoms with van der Waals surface area (Å²) < 4.78 is 11.3. The molecule has 2 aliphatic rings. The lowest BCUT2D eigenvalue weighted by atomic mass is 9.93. The van der Waals surface area contributed by atoms with Crippen molar-refractivity contribution in [2.24, 2.45) is 5.92 Å². The van der Waals surface area contributed by atoms with Crippen molar-refractivity contribution >= 4 is 0 Å². The minimum Gasteiger partial charge on any atom is -0.379 e. The highest BCUT2D eigenvalue weighted by Gasteiger charge is 2.38. The van der Waals surface area contributed by atoms with Gasteiger partial charge in [0.15, 0.2) is 0 Å². The molecular weight excluding hydrogens is 228 g/mol. The number of ether oxygens (including phenoxy) is 2. The first-order chi connectivity index (χ1) is 8.65. The van der Waals surface area contributed by atoms with Gasteiger partial charge in [-0.2, -0.15) is 0 Å². The lowest BCUT2D eigenvalue weighted by molar-refractivity contribution is 0.0862. The summed E-state index contributed by atoms with van der Waals surface area (Å²) in [5.74, 6) is 0.584. The van der Waals surface area contributed by atoms with Crippen LogP contribution in [0.3, 0.4) is 0 Å². The fourth-order valence-corrected chi connectivity index (χ4v) is 2.79. The fourth-order valence-electron chi connectivity index (χ4n) is 2.79. The highest BCUT2D eigenvalue weighted by Crippen LogP contribution is 2.26. The Morgan fingerprint density at radius 1 is 1.33 bits per heavy atom. The first kappa shape index (κ1) is 14.3. The van der Waals surface area contributed by atoms with Crippen LogP contribution in [0.25, 0.3) is 0 Å². The molecule has 4 atom stereocenters. The van der Waals surface area contributed by atoms with E-state index in [4.69, 9.17) is 9.47 Å². The van der Waals surface area contributed by atoms with E-state index in [1.165, 1.54) is 6.42 Å². The SMILES string of the molecule is CCCNC1COCC1CNC1(C)CCOC1C. The predicted molar refractivity (Wildman–Crippen MR) is 72.8 cm³/mol. The molecule has 0 aromatic carbocycles. The molecule has 0 bridgehead atoms. The van der Waals surface area contributed by atoms with Gasteiger partial charge in [0, 0.05) is 30.7 Å². The summed E-state index contributed by atoms with van der Waals surface area (Å²) in [4.78, 5) is 0. The van der Waals surface area contributed by atoms with Crippen LogP contribution in [0.5, 0.6) is 0 Å². The van der Waals surface area contributed by atoms with Crippen molar-refractivity contribution in [1.82, 2.24) is 10.6 Å². The predicted octanol–water partition coefficient (Wildman–Crippen LogP) is 1.16. The standard InChI is InChI=1S/C14H28N2O2/c1-4-6-15-13-10-17-9-12(13)8-16-14(3)5-7-18-11(14)2/h11-13,15-16H,4-10H2,1-3H3. The monoisotopic (exact) mass is 256 g/mol. The van der Waals surface area contributed by atoms with E-state index in [9.17, 15) is 0 Å². The molecule has 2 saturated heterocycles. The van der Waals surface area contributed by atoms with Gasteiger partial charge in [0.2, 0.25) is 0 Å². The number of rotatable bonds is 6. The third-order valence-corrected chi connectivity index (χ3v) is 4.51. The van der Waals surface area contributed by atoms with E-state index < -0.39 is 0 Å². The van der Waals surface area contributed by atoms with Crippen LogP contribution >= 0.6 is 0 Å². The summed E-state index contributed by atoms with van der Waals surface area (Å²) >= 11 is 0. The molecule has 0 aromatic rings. The van der Waals surface area contributed by atoms with Crippen molar-refractivity contribution in [3.63, 3.8) is 0 Å². The molecule has 0 aromatic heterocycles. The fraction of sp³-hybridized carbons (Fsp3) is 1.00. The van der Waals surface area contributed by atoms with Crippen LogP contribution in [0.4, 0.5) is 0 Å². The van der Waals surface area contributed by atoms with E-state index in [1.807, 2.05) is 0 Å². The van der Waals surface area contributed by atoms with Crippen molar-refractivity contribution in [3.05, 3.63) is 0 Å². The second-order valence-corrected chi connectivity index (χ2v) is 5.92. The van der Waals surface area contributed by atoms with Crippen LogP contribution in [0.15, 0.2) is 0 Å². The maximum atomic E-state index is 5.67. The Labute approximate surface area is 111 Å². The van der Waals surface area contributed by atoms with Crippen molar-refractivity contribution in [1.29, 1.82) is 0 Å². The summed E-state index contributed by atoms with van der Waals surface area (Å²) in [6, 6.07) is 0.513. The van der Waals surface area contributed by atoms with Gasteiger partial charge in [-0.15, -0.1) is 0 Å². The Hall–Kier alpha value is -0.160. The smallest absolute Gasteiger partial charge is 0.0726 e. The van der Waals surface area contributed by atoms with Crippen molar-refractivity contribution < 1.29 is 9.47 Å². The lowest BCUT2D eigenvalue weighted by Gasteiger charge is -2.31. The van der Waals surface area contributed by atoms with Crippen LogP contribution in [0.2, 0.25) is 0 Å². The van der Waals surface area contributed by atoms with Gasteiger partial charge < -0.3 is 20.1 Å². The van der Waals surface area contributed by atoms with Crippen LogP contribution in [0, 0.1) is 5.92 Å². The van der Waals surface area contributed by atoms with E-state index in [1.54, 1.807) is 0 Å². The van der Waals surface area contributed by atoms with Gasteiger partial charge in [-0.1, -0.05) is 6.92 Å². The Kier molecular flexibility index (Phi) is 5.01. The second-order valence-electron chi connectivity index (χ2n) is 5.92. The normalized spacial score (nSPS) is 40.5. The van der Waals surface area contributed by atoms with Gasteiger partial charge in [0.1, 0.15) is 0 Å². The molecule has 2 heterocycles. The zero-order chi connectivity index (χ0) is 13.0. The van der Waals surface area contributed by atoms with Crippen LogP contribution in [0.1, 0.15) is 33.6 Å². The van der Waals surface area contributed by atoms with Gasteiger partial charge in [0.25, 0.3) is 0 Å². The summed E-state index contributed by atoms with van der Waals surface area (Å²) in [5, 5.41) is 7.30. The van der Waals surface area contributed by atoms with E-state index in [-0.39, 0.29) is 5.54 Å². The molecule has 18 heavy (non-hydrogen) atoms. The summed E-state index contributed by atoms with van der Waals surface area (Å²) in [5.41, 5.74) is 0.137. The van der Waals surface area contributed by atoms with Gasteiger partial charge in [-0.25, -0.2) is 0 Å². The second kappa shape index (κ2) is 6.33. The van der Waals surface area contributed by atoms with E-state index >= 15 is 0 Å². The molecule has 2 rings (SSSR count). The van der Waals surface area contributed by atoms with Gasteiger partial charge >= 0.3 is 0 Å². The Morgan fingerprint density at radius 3 is 2.83 bits per heavy atom. The largest absolute Gasteiger partial charge is 0.379 e.